The number of nitrogens with one attached hydrogen (secondary N) is 5. The lowest BCUT2D eigenvalue weighted by Gasteiger charge is -2.34. The molecule has 75 heavy (non-hydrogen) atoms. The highest BCUT2D eigenvalue weighted by molar-refractivity contribution is 5.98. The summed E-state index contributed by atoms with van der Waals surface area (Å²) in [5.41, 5.74) is 6.13. The van der Waals surface area contributed by atoms with Gasteiger partial charge in [0.15, 0.2) is 0 Å². The first-order chi connectivity index (χ1) is 35.5. The minimum Gasteiger partial charge on any atom is -0.508 e. The van der Waals surface area contributed by atoms with Gasteiger partial charge in [0, 0.05) is 38.3 Å². The maximum Gasteiger partial charge on any atom is 0.248 e. The van der Waals surface area contributed by atoms with Crippen LogP contribution in [0.2, 0.25) is 0 Å². The molecule has 0 aromatic heterocycles. The van der Waals surface area contributed by atoms with Gasteiger partial charge >= 0.3 is 0 Å². The summed E-state index contributed by atoms with van der Waals surface area (Å²) >= 11 is 0. The first-order valence-electron chi connectivity index (χ1n) is 26.8. The fourth-order valence-electron chi connectivity index (χ4n) is 10.0. The normalized spacial score (nSPS) is 27.7. The highest BCUT2D eigenvalue weighted by Gasteiger charge is 2.50. The molecule has 3 aliphatic rings. The Morgan fingerprint density at radius 1 is 0.720 bits per heavy atom. The third-order valence-corrected chi connectivity index (χ3v) is 14.4. The number of hydrogen-bond acceptors (Lipinski definition) is 15. The predicted octanol–water partition coefficient (Wildman–Crippen LogP) is -0.960. The van der Waals surface area contributed by atoms with Gasteiger partial charge in [-0.25, -0.2) is 0 Å². The Hall–Kier alpha value is -5.46. The van der Waals surface area contributed by atoms with Gasteiger partial charge in [0.2, 0.25) is 47.3 Å². The van der Waals surface area contributed by atoms with E-state index in [0.717, 1.165) is 41.9 Å². The second-order valence-electron chi connectivity index (χ2n) is 20.8. The van der Waals surface area contributed by atoms with E-state index in [9.17, 15) is 74.1 Å². The van der Waals surface area contributed by atoms with Gasteiger partial charge in [-0.2, -0.15) is 0 Å². The van der Waals surface area contributed by atoms with Crippen LogP contribution in [0.4, 0.5) is 0 Å². The van der Waals surface area contributed by atoms with Crippen LogP contribution in [0.15, 0.2) is 18.2 Å². The lowest BCUT2D eigenvalue weighted by Crippen LogP contribution is -2.64. The van der Waals surface area contributed by atoms with Crippen molar-refractivity contribution in [2.24, 2.45) is 11.7 Å². The van der Waals surface area contributed by atoms with Crippen LogP contribution in [-0.4, -0.2) is 179 Å². The number of phenols is 1. The van der Waals surface area contributed by atoms with Crippen molar-refractivity contribution < 1.29 is 74.1 Å². The molecule has 4 rings (SSSR count). The Morgan fingerprint density at radius 3 is 1.88 bits per heavy atom. The number of aromatic hydroxyl groups is 1. The third kappa shape index (κ3) is 18.7. The van der Waals surface area contributed by atoms with Crippen molar-refractivity contribution in [3.63, 3.8) is 0 Å². The van der Waals surface area contributed by atoms with Gasteiger partial charge in [-0.05, 0) is 50.3 Å². The van der Waals surface area contributed by atoms with Crippen molar-refractivity contribution in [2.45, 2.75) is 223 Å². The van der Waals surface area contributed by atoms with Gasteiger partial charge in [0.1, 0.15) is 48.2 Å². The molecule has 3 heterocycles. The Labute approximate surface area is 439 Å². The van der Waals surface area contributed by atoms with E-state index < -0.39 is 152 Å². The summed E-state index contributed by atoms with van der Waals surface area (Å²) in [7, 11) is 0. The molecule has 3 aliphatic heterocycles. The molecule has 3 saturated heterocycles. The van der Waals surface area contributed by atoms with Gasteiger partial charge in [0.05, 0.1) is 36.9 Å². The van der Waals surface area contributed by atoms with E-state index in [4.69, 9.17) is 5.73 Å². The highest BCUT2D eigenvalue weighted by atomic mass is 16.3. The first kappa shape index (κ1) is 62.1. The number of carbonyl (C=O) groups excluding carboxylic acids is 8. The zero-order valence-corrected chi connectivity index (χ0v) is 44.0. The molecule has 0 radical (unpaired) electrons. The molecule has 0 saturated carbocycles. The van der Waals surface area contributed by atoms with Crippen LogP contribution < -0.4 is 32.3 Å². The van der Waals surface area contributed by atoms with Crippen LogP contribution in [0, 0.1) is 12.8 Å². The average molecular weight is 1060 g/mol. The van der Waals surface area contributed by atoms with E-state index in [0.29, 0.717) is 17.5 Å². The van der Waals surface area contributed by atoms with Crippen LogP contribution in [0.3, 0.4) is 0 Å². The maximum absolute atomic E-state index is 14.5. The fourth-order valence-corrected chi connectivity index (χ4v) is 10.0. The quantitative estimate of drug-likeness (QED) is 0.0622. The molecule has 8 amide bonds. The standard InChI is InChI=1S/C52H84N8O15/c1-5-6-7-8-9-10-11-12-13-14-15-16-17-18-40(67)54-34-20-22-41(68)55-50(73)45-46(69)30(3)27-60(45)52(75)44(38(65)26-39(53)66)58-49(72)43(37(64)24-32-19-21-36(63)29(2)23-32)57-48(71)35-25-33(62)28-59(35)51(74)42(31(4)61)56-47(34)70/h19,21,23,30-31,33-35,37-38,41-46,61-65,68-69H,5-18,20,22,24-28H2,1-4H3,(H2,53,66)(H,54,67)(H,55,73)(H,56,70)(H,57,71)(H,58,72). The van der Waals surface area contributed by atoms with Gasteiger partial charge in [-0.3, -0.25) is 38.4 Å². The number of primary amides is 1. The zero-order valence-electron chi connectivity index (χ0n) is 44.0. The third-order valence-electron chi connectivity index (χ3n) is 14.4. The first-order valence-corrected chi connectivity index (χ1v) is 26.8. The zero-order chi connectivity index (χ0) is 55.5. The van der Waals surface area contributed by atoms with Gasteiger partial charge < -0.3 is 77.9 Å². The van der Waals surface area contributed by atoms with E-state index in [2.05, 4.69) is 33.5 Å². The molecule has 13 unspecified atom stereocenters. The fraction of sp³-hybridized carbons (Fsp3) is 0.731. The number of benzene rings is 1. The smallest absolute Gasteiger partial charge is 0.248 e. The lowest BCUT2D eigenvalue weighted by atomic mass is 9.98. The van der Waals surface area contributed by atoms with Crippen LogP contribution in [0.1, 0.15) is 147 Å². The Kier molecular flexibility index (Phi) is 25.1. The van der Waals surface area contributed by atoms with Crippen molar-refractivity contribution in [1.82, 2.24) is 36.4 Å². The van der Waals surface area contributed by atoms with Gasteiger partial charge in [0.25, 0.3) is 0 Å². The predicted molar refractivity (Wildman–Crippen MR) is 272 cm³/mol. The number of nitrogens with zero attached hydrogens (tertiary/aromatic N) is 2. The summed E-state index contributed by atoms with van der Waals surface area (Å²) in [4.78, 5) is 113. The number of aliphatic hydroxyl groups excluding tert-OH is 6. The Balaban J connectivity index is 1.66. The SMILES string of the molecule is CCCCCCCCCCCCCCCC(=O)NC1CCC(O)NC(=O)C2C(O)C(C)CN2C(=O)C(C(O)CC(N)=O)NC(=O)C(C(O)Cc2ccc(O)c(C)c2)NC(=O)C2CC(O)CN2C(=O)C(C(C)O)NC1=O. The molecule has 3 fully saturated rings. The number of hydrogen-bond donors (Lipinski definition) is 13. The number of fused-ring (bicyclic) bond motifs is 2. The van der Waals surface area contributed by atoms with Gasteiger partial charge in [-0.1, -0.05) is 103 Å². The number of carbonyl (C=O) groups is 8. The Morgan fingerprint density at radius 2 is 1.29 bits per heavy atom. The monoisotopic (exact) mass is 1060 g/mol. The molecule has 13 atom stereocenters. The number of phenolic OH excluding ortho intramolecular Hbond substituents is 1. The van der Waals surface area contributed by atoms with Crippen molar-refractivity contribution in [1.29, 1.82) is 0 Å². The highest BCUT2D eigenvalue weighted by Crippen LogP contribution is 2.27. The van der Waals surface area contributed by atoms with Crippen LogP contribution in [0.25, 0.3) is 0 Å². The van der Waals surface area contributed by atoms with E-state index in [1.54, 1.807) is 6.92 Å². The molecule has 0 bridgehead atoms. The molecule has 1 aromatic rings. The number of aryl methyl sites for hydroxylation is 1. The van der Waals surface area contributed by atoms with E-state index >= 15 is 0 Å². The van der Waals surface area contributed by atoms with Crippen molar-refractivity contribution in [3.8, 4) is 5.75 Å². The topological polar surface area (TPSA) is 371 Å². The molecular formula is C52H84N8O15. The van der Waals surface area contributed by atoms with Crippen molar-refractivity contribution in [3.05, 3.63) is 29.3 Å². The minimum absolute atomic E-state index is 0.0282. The Bertz CT molecular complexity index is 2100. The lowest BCUT2D eigenvalue weighted by molar-refractivity contribution is -0.148. The van der Waals surface area contributed by atoms with Crippen LogP contribution >= 0.6 is 0 Å². The molecule has 14 N–H and O–H groups in total. The largest absolute Gasteiger partial charge is 0.508 e. The average Bonchev–Trinajstić information content (AvgIpc) is 3.89. The second-order valence-corrected chi connectivity index (χ2v) is 20.8. The second kappa shape index (κ2) is 30.3. The number of aliphatic hydroxyl groups is 6. The maximum atomic E-state index is 14.5. The van der Waals surface area contributed by atoms with Crippen molar-refractivity contribution >= 4 is 47.3 Å². The molecule has 422 valence electrons. The van der Waals surface area contributed by atoms with Crippen molar-refractivity contribution in [2.75, 3.05) is 13.1 Å². The van der Waals surface area contributed by atoms with Gasteiger partial charge in [-0.15, -0.1) is 0 Å². The molecule has 23 nitrogen and oxygen atoms in total. The molecular weight excluding hydrogens is 977 g/mol. The van der Waals surface area contributed by atoms with E-state index in [1.807, 2.05) is 0 Å². The van der Waals surface area contributed by atoms with E-state index in [-0.39, 0.29) is 31.6 Å². The number of nitrogens with two attached hydrogens (primary N) is 1. The van der Waals surface area contributed by atoms with Crippen LogP contribution in [-0.2, 0) is 44.8 Å². The molecule has 0 aliphatic carbocycles. The van der Waals surface area contributed by atoms with Crippen LogP contribution in [0.5, 0.6) is 5.75 Å². The van der Waals surface area contributed by atoms with E-state index in [1.165, 1.54) is 77.0 Å². The number of unbranched alkanes of at least 4 members (excludes halogenated alkanes) is 12. The summed E-state index contributed by atoms with van der Waals surface area (Å²) in [6.07, 6.45) is 1.29. The summed E-state index contributed by atoms with van der Waals surface area (Å²) in [5.74, 6) is -9.35. The summed E-state index contributed by atoms with van der Waals surface area (Å²) < 4.78 is 0. The summed E-state index contributed by atoms with van der Waals surface area (Å²) in [6, 6.07) is -6.56. The number of rotatable bonds is 22. The number of amides is 8. The summed E-state index contributed by atoms with van der Waals surface area (Å²) in [5, 5.41) is 89.5. The summed E-state index contributed by atoms with van der Waals surface area (Å²) in [6.45, 7) is 5.60. The molecule has 23 heteroatoms. The molecule has 0 spiro atoms. The minimum atomic E-state index is -2.13. The molecule has 1 aromatic carbocycles.